The van der Waals surface area contributed by atoms with Crippen LogP contribution in [0.4, 0.5) is 5.69 Å². The largest absolute Gasteiger partial charge is 0.493 e. The van der Waals surface area contributed by atoms with Gasteiger partial charge in [0.25, 0.3) is 5.91 Å². The Labute approximate surface area is 183 Å². The van der Waals surface area contributed by atoms with Crippen LogP contribution >= 0.6 is 12.2 Å². The van der Waals surface area contributed by atoms with Gasteiger partial charge < -0.3 is 24.4 Å². The van der Waals surface area contributed by atoms with Gasteiger partial charge in [-0.15, -0.1) is 0 Å². The molecule has 0 radical (unpaired) electrons. The molecular formula is C23H28N2O4S. The number of amides is 1. The van der Waals surface area contributed by atoms with Crippen molar-refractivity contribution < 1.29 is 19.0 Å². The average Bonchev–Trinajstić information content (AvgIpc) is 2.72. The van der Waals surface area contributed by atoms with Crippen LogP contribution in [0, 0.1) is 6.92 Å². The summed E-state index contributed by atoms with van der Waals surface area (Å²) in [5.41, 5.74) is 2.64. The third-order valence-corrected chi connectivity index (χ3v) is 5.39. The summed E-state index contributed by atoms with van der Waals surface area (Å²) < 4.78 is 17.0. The Morgan fingerprint density at radius 3 is 2.53 bits per heavy atom. The highest BCUT2D eigenvalue weighted by atomic mass is 32.1. The molecule has 1 heterocycles. The maximum absolute atomic E-state index is 12.3. The molecule has 1 amide bonds. The first-order chi connectivity index (χ1) is 14.4. The molecule has 7 heteroatoms. The number of nitrogens with zero attached hydrogens (tertiary/aromatic N) is 1. The van der Waals surface area contributed by atoms with Crippen molar-refractivity contribution in [1.82, 2.24) is 4.90 Å². The van der Waals surface area contributed by atoms with Gasteiger partial charge in [0.2, 0.25) is 0 Å². The van der Waals surface area contributed by atoms with Gasteiger partial charge in [-0.05, 0) is 50.6 Å². The quantitative estimate of drug-likeness (QED) is 0.706. The molecule has 2 atom stereocenters. The second kappa shape index (κ2) is 9.91. The predicted molar refractivity (Wildman–Crippen MR) is 122 cm³/mol. The van der Waals surface area contributed by atoms with Gasteiger partial charge in [0.15, 0.2) is 18.1 Å². The molecule has 1 N–H and O–H groups in total. The minimum Gasteiger partial charge on any atom is -0.493 e. The van der Waals surface area contributed by atoms with Gasteiger partial charge in [-0.2, -0.15) is 0 Å². The summed E-state index contributed by atoms with van der Waals surface area (Å²) in [6, 6.07) is 13.1. The molecule has 3 rings (SSSR count). The number of morpholine rings is 1. The Hall–Kier alpha value is -2.64. The van der Waals surface area contributed by atoms with E-state index in [1.54, 1.807) is 13.2 Å². The molecule has 0 aromatic heterocycles. The minimum atomic E-state index is -0.234. The SMILES string of the molecule is COc1cc(C(=S)N2C[C@H](C)O[C@@H](C)C2)ccc1OCC(=O)Nc1ccccc1C. The lowest BCUT2D eigenvalue weighted by atomic mass is 10.1. The standard InChI is InChI=1S/C23H28N2O4S/c1-15-7-5-6-8-19(15)24-22(26)14-28-20-10-9-18(11-21(20)27-4)23(30)25-12-16(2)29-17(3)13-25/h5-11,16-17H,12-14H2,1-4H3,(H,24,26)/t16-,17-/m0/s1. The van der Waals surface area contributed by atoms with E-state index in [2.05, 4.69) is 10.2 Å². The van der Waals surface area contributed by atoms with Crippen LogP contribution < -0.4 is 14.8 Å². The van der Waals surface area contributed by atoms with E-state index in [0.717, 1.165) is 34.9 Å². The number of aryl methyl sites for hydroxylation is 1. The number of hydrogen-bond acceptors (Lipinski definition) is 5. The first kappa shape index (κ1) is 22.1. The van der Waals surface area contributed by atoms with Crippen LogP contribution in [-0.4, -0.2) is 54.8 Å². The second-order valence-electron chi connectivity index (χ2n) is 7.48. The number of methoxy groups -OCH3 is 1. The van der Waals surface area contributed by atoms with Gasteiger partial charge in [0.05, 0.1) is 19.3 Å². The summed E-state index contributed by atoms with van der Waals surface area (Å²) in [4.78, 5) is 15.2. The smallest absolute Gasteiger partial charge is 0.262 e. The zero-order valence-electron chi connectivity index (χ0n) is 17.8. The number of carbonyl (C=O) groups excluding carboxylic acids is 1. The van der Waals surface area contributed by atoms with Crippen LogP contribution in [0.3, 0.4) is 0 Å². The van der Waals surface area contributed by atoms with E-state index < -0.39 is 0 Å². The molecule has 6 nitrogen and oxygen atoms in total. The maximum Gasteiger partial charge on any atom is 0.262 e. The highest BCUT2D eigenvalue weighted by Crippen LogP contribution is 2.29. The number of rotatable bonds is 6. The van der Waals surface area contributed by atoms with Gasteiger partial charge >= 0.3 is 0 Å². The van der Waals surface area contributed by atoms with Crippen molar-refractivity contribution in [2.24, 2.45) is 0 Å². The Bertz CT molecular complexity index is 908. The highest BCUT2D eigenvalue weighted by Gasteiger charge is 2.25. The van der Waals surface area contributed by atoms with Gasteiger partial charge in [0, 0.05) is 24.3 Å². The monoisotopic (exact) mass is 428 g/mol. The van der Waals surface area contributed by atoms with E-state index in [9.17, 15) is 4.79 Å². The molecule has 1 aliphatic heterocycles. The fourth-order valence-electron chi connectivity index (χ4n) is 3.49. The Kier molecular flexibility index (Phi) is 7.29. The summed E-state index contributed by atoms with van der Waals surface area (Å²) in [5.74, 6) is 0.794. The maximum atomic E-state index is 12.3. The lowest BCUT2D eigenvalue weighted by Gasteiger charge is -2.37. The molecule has 0 spiro atoms. The second-order valence-corrected chi connectivity index (χ2v) is 7.87. The van der Waals surface area contributed by atoms with E-state index in [1.807, 2.05) is 57.2 Å². The van der Waals surface area contributed by atoms with Crippen LogP contribution in [0.1, 0.15) is 25.0 Å². The molecule has 2 aromatic rings. The summed E-state index contributed by atoms with van der Waals surface area (Å²) >= 11 is 5.70. The van der Waals surface area contributed by atoms with Crippen LogP contribution in [-0.2, 0) is 9.53 Å². The van der Waals surface area contributed by atoms with Crippen molar-refractivity contribution in [3.63, 3.8) is 0 Å². The lowest BCUT2D eigenvalue weighted by Crippen LogP contribution is -2.47. The summed E-state index contributed by atoms with van der Waals surface area (Å²) in [5, 5.41) is 2.85. The summed E-state index contributed by atoms with van der Waals surface area (Å²) in [7, 11) is 1.57. The topological polar surface area (TPSA) is 60.0 Å². The van der Waals surface area contributed by atoms with Gasteiger partial charge in [-0.3, -0.25) is 4.79 Å². The molecular weight excluding hydrogens is 400 g/mol. The average molecular weight is 429 g/mol. The van der Waals surface area contributed by atoms with Gasteiger partial charge in [-0.1, -0.05) is 30.4 Å². The number of para-hydroxylation sites is 1. The number of anilines is 1. The molecule has 1 fully saturated rings. The summed E-state index contributed by atoms with van der Waals surface area (Å²) in [6.07, 6.45) is 0.255. The summed E-state index contributed by atoms with van der Waals surface area (Å²) in [6.45, 7) is 7.42. The van der Waals surface area contributed by atoms with E-state index in [1.165, 1.54) is 0 Å². The van der Waals surface area contributed by atoms with Gasteiger partial charge in [-0.25, -0.2) is 0 Å². The Morgan fingerprint density at radius 1 is 1.17 bits per heavy atom. The fraction of sp³-hybridized carbons (Fsp3) is 0.391. The first-order valence-corrected chi connectivity index (χ1v) is 10.4. The van der Waals surface area contributed by atoms with Crippen molar-refractivity contribution in [1.29, 1.82) is 0 Å². The highest BCUT2D eigenvalue weighted by molar-refractivity contribution is 7.80. The number of benzene rings is 2. The first-order valence-electron chi connectivity index (χ1n) is 9.98. The molecule has 0 aliphatic carbocycles. The fourth-order valence-corrected chi connectivity index (χ4v) is 3.76. The van der Waals surface area contributed by atoms with Crippen LogP contribution in [0.5, 0.6) is 11.5 Å². The predicted octanol–water partition coefficient (Wildman–Crippen LogP) is 3.81. The van der Waals surface area contributed by atoms with Crippen LogP contribution in [0.25, 0.3) is 0 Å². The lowest BCUT2D eigenvalue weighted by molar-refractivity contribution is -0.118. The molecule has 0 saturated carbocycles. The van der Waals surface area contributed by atoms with Crippen LogP contribution in [0.2, 0.25) is 0 Å². The number of hydrogen-bond donors (Lipinski definition) is 1. The molecule has 30 heavy (non-hydrogen) atoms. The molecule has 160 valence electrons. The third-order valence-electron chi connectivity index (χ3n) is 4.90. The van der Waals surface area contributed by atoms with Crippen molar-refractivity contribution >= 4 is 28.8 Å². The van der Waals surface area contributed by atoms with Crippen LogP contribution in [0.15, 0.2) is 42.5 Å². The molecule has 0 unspecified atom stereocenters. The van der Waals surface area contributed by atoms with Crippen molar-refractivity contribution in [2.45, 2.75) is 33.0 Å². The van der Waals surface area contributed by atoms with E-state index >= 15 is 0 Å². The number of ether oxygens (including phenoxy) is 3. The molecule has 1 saturated heterocycles. The zero-order chi connectivity index (χ0) is 21.7. The number of nitrogens with one attached hydrogen (secondary N) is 1. The zero-order valence-corrected chi connectivity index (χ0v) is 18.6. The molecule has 1 aliphatic rings. The van der Waals surface area contributed by atoms with Crippen molar-refractivity contribution in [3.05, 3.63) is 53.6 Å². The molecule has 2 aromatic carbocycles. The number of thiocarbonyl (C=S) groups is 1. The number of carbonyl (C=O) groups is 1. The van der Waals surface area contributed by atoms with E-state index in [0.29, 0.717) is 11.5 Å². The molecule has 0 bridgehead atoms. The Balaban J connectivity index is 1.64. The minimum absolute atomic E-state index is 0.118. The van der Waals surface area contributed by atoms with E-state index in [-0.39, 0.29) is 24.7 Å². The Morgan fingerprint density at radius 2 is 1.87 bits per heavy atom. The van der Waals surface area contributed by atoms with E-state index in [4.69, 9.17) is 26.4 Å². The van der Waals surface area contributed by atoms with Crippen molar-refractivity contribution in [2.75, 3.05) is 32.1 Å². The van der Waals surface area contributed by atoms with Gasteiger partial charge in [0.1, 0.15) is 4.99 Å². The van der Waals surface area contributed by atoms with Crippen molar-refractivity contribution in [3.8, 4) is 11.5 Å². The third kappa shape index (κ3) is 5.49. The normalized spacial score (nSPS) is 18.6.